The van der Waals surface area contributed by atoms with Crippen LogP contribution in [0, 0.1) is 5.82 Å². The topological polar surface area (TPSA) is 111 Å². The van der Waals surface area contributed by atoms with Gasteiger partial charge in [-0.2, -0.15) is 0 Å². The van der Waals surface area contributed by atoms with Crippen molar-refractivity contribution < 1.29 is 14.3 Å². The van der Waals surface area contributed by atoms with Gasteiger partial charge in [0.25, 0.3) is 0 Å². The van der Waals surface area contributed by atoms with E-state index in [4.69, 9.17) is 23.1 Å². The number of hydrogen-bond acceptors (Lipinski definition) is 5. The number of nitrogen functional groups attached to an aromatic ring is 1. The molecule has 30 heavy (non-hydrogen) atoms. The summed E-state index contributed by atoms with van der Waals surface area (Å²) in [5.74, 6) is -2.18. The van der Waals surface area contributed by atoms with Gasteiger partial charge in [0.1, 0.15) is 5.56 Å². The van der Waals surface area contributed by atoms with Gasteiger partial charge in [-0.15, -0.1) is 11.3 Å². The minimum atomic E-state index is -1.38. The SMILES string of the molecule is Nc1c(F)c(-c2cc3c(s2)CCCC3N)c(Cl)c2c1c(=O)c(C(=O)O)cn2C1CC1. The van der Waals surface area contributed by atoms with Gasteiger partial charge in [-0.1, -0.05) is 11.6 Å². The smallest absolute Gasteiger partial charge is 0.341 e. The summed E-state index contributed by atoms with van der Waals surface area (Å²) < 4.78 is 17.1. The maximum absolute atomic E-state index is 15.5. The Morgan fingerprint density at radius 1 is 1.33 bits per heavy atom. The Morgan fingerprint density at radius 3 is 2.70 bits per heavy atom. The summed E-state index contributed by atoms with van der Waals surface area (Å²) in [6.07, 6.45) is 5.67. The maximum Gasteiger partial charge on any atom is 0.341 e. The number of carboxylic acids is 1. The number of anilines is 1. The lowest BCUT2D eigenvalue weighted by atomic mass is 9.94. The van der Waals surface area contributed by atoms with Crippen LogP contribution in [0.15, 0.2) is 17.1 Å². The van der Waals surface area contributed by atoms with E-state index in [9.17, 15) is 14.7 Å². The van der Waals surface area contributed by atoms with Gasteiger partial charge >= 0.3 is 5.97 Å². The third-order valence-corrected chi connectivity index (χ3v) is 7.56. The third-order valence-electron chi connectivity index (χ3n) is 5.96. The Bertz CT molecular complexity index is 1300. The number of carboxylic acid groups (broad SMARTS) is 1. The lowest BCUT2D eigenvalue weighted by molar-refractivity contribution is 0.0695. The van der Waals surface area contributed by atoms with Crippen LogP contribution in [0.25, 0.3) is 21.3 Å². The molecule has 2 aromatic heterocycles. The molecule has 9 heteroatoms. The third kappa shape index (κ3) is 2.78. The summed E-state index contributed by atoms with van der Waals surface area (Å²) in [6.45, 7) is 0. The van der Waals surface area contributed by atoms with Crippen LogP contribution in [0.1, 0.15) is 58.6 Å². The predicted molar refractivity (Wildman–Crippen MR) is 116 cm³/mol. The standard InChI is InChI=1S/C21H19ClFN3O3S/c22-16-14(13-6-9-11(24)2-1-3-12(9)30-13)17(23)18(25)15-19(16)26(8-4-5-8)7-10(20(15)27)21(28)29/h6-8,11H,1-5,24-25H2,(H,28,29). The molecule has 2 aliphatic rings. The van der Waals surface area contributed by atoms with Crippen LogP contribution in [-0.4, -0.2) is 15.6 Å². The van der Waals surface area contributed by atoms with Crippen LogP contribution in [0.3, 0.4) is 0 Å². The zero-order valence-electron chi connectivity index (χ0n) is 15.9. The van der Waals surface area contributed by atoms with Crippen molar-refractivity contribution in [2.75, 3.05) is 5.73 Å². The van der Waals surface area contributed by atoms with Gasteiger partial charge in [0.2, 0.25) is 5.43 Å². The number of aryl methyl sites for hydroxylation is 1. The molecule has 6 nitrogen and oxygen atoms in total. The minimum Gasteiger partial charge on any atom is -0.477 e. The van der Waals surface area contributed by atoms with Crippen molar-refractivity contribution in [1.82, 2.24) is 4.57 Å². The summed E-state index contributed by atoms with van der Waals surface area (Å²) in [5.41, 5.74) is 12.1. The highest BCUT2D eigenvalue weighted by molar-refractivity contribution is 7.15. The van der Waals surface area contributed by atoms with Crippen molar-refractivity contribution in [2.45, 2.75) is 44.2 Å². The van der Waals surface area contributed by atoms with Crippen molar-refractivity contribution in [3.8, 4) is 10.4 Å². The number of rotatable bonds is 3. The van der Waals surface area contributed by atoms with E-state index in [0.717, 1.165) is 42.5 Å². The van der Waals surface area contributed by atoms with Gasteiger partial charge in [0, 0.05) is 28.0 Å². The second-order valence-corrected chi connectivity index (χ2v) is 9.46. The fourth-order valence-electron chi connectivity index (χ4n) is 4.29. The molecular formula is C21H19ClFN3O3S. The van der Waals surface area contributed by atoms with E-state index >= 15 is 4.39 Å². The van der Waals surface area contributed by atoms with Gasteiger partial charge in [-0.05, 0) is 43.7 Å². The Kier molecular flexibility index (Phi) is 4.43. The molecule has 156 valence electrons. The lowest BCUT2D eigenvalue weighted by Gasteiger charge is -2.17. The highest BCUT2D eigenvalue weighted by Gasteiger charge is 2.32. The van der Waals surface area contributed by atoms with Crippen molar-refractivity contribution in [2.24, 2.45) is 5.73 Å². The van der Waals surface area contributed by atoms with E-state index in [0.29, 0.717) is 10.4 Å². The quantitative estimate of drug-likeness (QED) is 0.513. The van der Waals surface area contributed by atoms with Crippen molar-refractivity contribution in [3.05, 3.63) is 49.3 Å². The number of aromatic nitrogens is 1. The Balaban J connectivity index is 1.86. The molecule has 3 aromatic rings. The Hall–Kier alpha value is -2.42. The first-order valence-corrected chi connectivity index (χ1v) is 11.0. The molecule has 1 fully saturated rings. The molecule has 0 spiro atoms. The molecule has 0 radical (unpaired) electrons. The number of nitrogens with zero attached hydrogens (tertiary/aromatic N) is 1. The fourth-order valence-corrected chi connectivity index (χ4v) is 6.04. The van der Waals surface area contributed by atoms with Gasteiger partial charge < -0.3 is 21.1 Å². The Labute approximate surface area is 179 Å². The predicted octanol–water partition coefficient (Wildman–Crippen LogP) is 4.47. The molecule has 2 aliphatic carbocycles. The van der Waals surface area contributed by atoms with Gasteiger partial charge in [-0.25, -0.2) is 9.18 Å². The summed E-state index contributed by atoms with van der Waals surface area (Å²) in [5, 5.41) is 9.34. The summed E-state index contributed by atoms with van der Waals surface area (Å²) in [7, 11) is 0. The summed E-state index contributed by atoms with van der Waals surface area (Å²) in [4.78, 5) is 26.1. The first-order valence-electron chi connectivity index (χ1n) is 9.76. The largest absolute Gasteiger partial charge is 0.477 e. The number of fused-ring (bicyclic) bond motifs is 2. The number of hydrogen-bond donors (Lipinski definition) is 3. The first-order chi connectivity index (χ1) is 14.3. The molecule has 0 saturated heterocycles. The zero-order chi connectivity index (χ0) is 21.3. The summed E-state index contributed by atoms with van der Waals surface area (Å²) in [6, 6.07) is 1.78. The molecule has 1 unspecified atom stereocenters. The molecule has 1 atom stereocenters. The van der Waals surface area contributed by atoms with Gasteiger partial charge in [-0.3, -0.25) is 4.79 Å². The van der Waals surface area contributed by atoms with Crippen LogP contribution < -0.4 is 16.9 Å². The molecule has 0 bridgehead atoms. The van der Waals surface area contributed by atoms with E-state index in [2.05, 4.69) is 0 Å². The van der Waals surface area contributed by atoms with E-state index in [1.165, 1.54) is 17.5 Å². The number of halogens is 2. The molecule has 1 saturated carbocycles. The van der Waals surface area contributed by atoms with Crippen LogP contribution in [0.5, 0.6) is 0 Å². The normalized spacial score (nSPS) is 18.6. The average molecular weight is 448 g/mol. The van der Waals surface area contributed by atoms with Crippen LogP contribution in [-0.2, 0) is 6.42 Å². The molecular weight excluding hydrogens is 429 g/mol. The second-order valence-electron chi connectivity index (χ2n) is 7.94. The number of thiophene rings is 1. The van der Waals surface area contributed by atoms with E-state index in [1.807, 2.05) is 6.07 Å². The minimum absolute atomic E-state index is 0.00590. The van der Waals surface area contributed by atoms with Crippen molar-refractivity contribution in [1.29, 1.82) is 0 Å². The number of pyridine rings is 1. The first kappa shape index (κ1) is 19.5. The molecule has 2 heterocycles. The van der Waals surface area contributed by atoms with Crippen LogP contribution in [0.2, 0.25) is 5.02 Å². The number of aromatic carboxylic acids is 1. The van der Waals surface area contributed by atoms with Crippen molar-refractivity contribution in [3.63, 3.8) is 0 Å². The lowest BCUT2D eigenvalue weighted by Crippen LogP contribution is -2.20. The van der Waals surface area contributed by atoms with E-state index < -0.39 is 22.8 Å². The molecule has 5 rings (SSSR count). The van der Waals surface area contributed by atoms with E-state index in [-0.39, 0.29) is 33.7 Å². The maximum atomic E-state index is 15.5. The van der Waals surface area contributed by atoms with Crippen LogP contribution >= 0.6 is 22.9 Å². The number of nitrogens with two attached hydrogens (primary N) is 2. The number of carbonyl (C=O) groups is 1. The van der Waals surface area contributed by atoms with Gasteiger partial charge in [0.15, 0.2) is 5.82 Å². The number of benzene rings is 1. The fraction of sp³-hybridized carbons (Fsp3) is 0.333. The molecule has 1 aromatic carbocycles. The monoisotopic (exact) mass is 447 g/mol. The average Bonchev–Trinajstić information content (AvgIpc) is 3.45. The molecule has 0 aliphatic heterocycles. The van der Waals surface area contributed by atoms with E-state index in [1.54, 1.807) is 4.57 Å². The Morgan fingerprint density at radius 2 is 2.07 bits per heavy atom. The van der Waals surface area contributed by atoms with Crippen molar-refractivity contribution >= 4 is 45.5 Å². The second kappa shape index (κ2) is 6.80. The van der Waals surface area contributed by atoms with Gasteiger partial charge in [0.05, 0.1) is 27.2 Å². The van der Waals surface area contributed by atoms with Crippen LogP contribution in [0.4, 0.5) is 10.1 Å². The highest BCUT2D eigenvalue weighted by atomic mass is 35.5. The highest BCUT2D eigenvalue weighted by Crippen LogP contribution is 2.47. The zero-order valence-corrected chi connectivity index (χ0v) is 17.4. The summed E-state index contributed by atoms with van der Waals surface area (Å²) >= 11 is 8.15. The molecule has 0 amide bonds. The molecule has 5 N–H and O–H groups in total.